The maximum Gasteiger partial charge on any atom is 0.129 e. The highest BCUT2D eigenvalue weighted by molar-refractivity contribution is 6.31. The Bertz CT molecular complexity index is 608. The number of benzene rings is 2. The van der Waals surface area contributed by atoms with E-state index in [0.717, 1.165) is 17.0 Å². The molecule has 0 radical (unpaired) electrons. The Kier molecular flexibility index (Phi) is 5.07. The number of rotatable bonds is 5. The van der Waals surface area contributed by atoms with E-state index in [9.17, 15) is 4.39 Å². The number of halogens is 2. The molecular weight excluding hydrogens is 289 g/mol. The first kappa shape index (κ1) is 15.6. The lowest BCUT2D eigenvalue weighted by Crippen LogP contribution is -2.07. The molecule has 1 N–H and O–H groups in total. The standard InChI is InChI=1S/C17H19ClFNO/c1-11(2)21-13-7-8-17(12(3)9-13)20-10-14-15(18)5-4-6-16(14)19/h4-9,11,20H,10H2,1-3H3. The molecule has 21 heavy (non-hydrogen) atoms. The third kappa shape index (κ3) is 4.11. The fourth-order valence-corrected chi connectivity index (χ4v) is 2.29. The van der Waals surface area contributed by atoms with Crippen LogP contribution < -0.4 is 10.1 Å². The molecule has 0 bridgehead atoms. The lowest BCUT2D eigenvalue weighted by Gasteiger charge is -2.14. The first-order valence-corrected chi connectivity index (χ1v) is 7.29. The van der Waals surface area contributed by atoms with Gasteiger partial charge in [0.15, 0.2) is 0 Å². The van der Waals surface area contributed by atoms with Gasteiger partial charge in [-0.25, -0.2) is 4.39 Å². The van der Waals surface area contributed by atoms with E-state index >= 15 is 0 Å². The second-order valence-corrected chi connectivity index (χ2v) is 5.60. The number of hydrogen-bond donors (Lipinski definition) is 1. The van der Waals surface area contributed by atoms with Gasteiger partial charge in [-0.15, -0.1) is 0 Å². The Hall–Kier alpha value is -1.74. The Morgan fingerprint density at radius 1 is 1.24 bits per heavy atom. The molecule has 2 aromatic carbocycles. The summed E-state index contributed by atoms with van der Waals surface area (Å²) in [6, 6.07) is 10.5. The van der Waals surface area contributed by atoms with Gasteiger partial charge in [-0.1, -0.05) is 17.7 Å². The lowest BCUT2D eigenvalue weighted by atomic mass is 10.1. The van der Waals surface area contributed by atoms with Crippen molar-refractivity contribution < 1.29 is 9.13 Å². The van der Waals surface area contributed by atoms with Gasteiger partial charge in [0, 0.05) is 22.8 Å². The Morgan fingerprint density at radius 2 is 2.00 bits per heavy atom. The topological polar surface area (TPSA) is 21.3 Å². The van der Waals surface area contributed by atoms with Crippen molar-refractivity contribution in [3.05, 3.63) is 58.4 Å². The Morgan fingerprint density at radius 3 is 2.62 bits per heavy atom. The third-order valence-electron chi connectivity index (χ3n) is 3.09. The molecule has 112 valence electrons. The van der Waals surface area contributed by atoms with E-state index in [1.165, 1.54) is 6.07 Å². The van der Waals surface area contributed by atoms with Gasteiger partial charge in [0.25, 0.3) is 0 Å². The smallest absolute Gasteiger partial charge is 0.129 e. The Balaban J connectivity index is 2.10. The number of anilines is 1. The normalized spacial score (nSPS) is 10.8. The van der Waals surface area contributed by atoms with E-state index in [2.05, 4.69) is 5.32 Å². The maximum atomic E-state index is 13.7. The summed E-state index contributed by atoms with van der Waals surface area (Å²) in [5, 5.41) is 3.64. The quantitative estimate of drug-likeness (QED) is 0.821. The molecule has 4 heteroatoms. The van der Waals surface area contributed by atoms with Crippen LogP contribution in [0.25, 0.3) is 0 Å². The van der Waals surface area contributed by atoms with Gasteiger partial charge in [0.2, 0.25) is 0 Å². The number of nitrogens with one attached hydrogen (secondary N) is 1. The first-order chi connectivity index (χ1) is 9.97. The van der Waals surface area contributed by atoms with Crippen molar-refractivity contribution in [3.63, 3.8) is 0 Å². The molecule has 0 unspecified atom stereocenters. The second kappa shape index (κ2) is 6.81. The van der Waals surface area contributed by atoms with Crippen molar-refractivity contribution in [1.82, 2.24) is 0 Å². The van der Waals surface area contributed by atoms with E-state index < -0.39 is 0 Å². The molecule has 2 nitrogen and oxygen atoms in total. The zero-order valence-corrected chi connectivity index (χ0v) is 13.2. The van der Waals surface area contributed by atoms with Crippen LogP contribution in [0.1, 0.15) is 25.0 Å². The number of ether oxygens (including phenoxy) is 1. The molecule has 0 heterocycles. The van der Waals surface area contributed by atoms with Gasteiger partial charge in [-0.05, 0) is 56.7 Å². The van der Waals surface area contributed by atoms with Gasteiger partial charge >= 0.3 is 0 Å². The van der Waals surface area contributed by atoms with Crippen LogP contribution in [0.2, 0.25) is 5.02 Å². The van der Waals surface area contributed by atoms with Crippen molar-refractivity contribution in [2.24, 2.45) is 0 Å². The molecule has 0 aliphatic rings. The van der Waals surface area contributed by atoms with Gasteiger partial charge in [0.1, 0.15) is 11.6 Å². The largest absolute Gasteiger partial charge is 0.491 e. The van der Waals surface area contributed by atoms with E-state index in [1.807, 2.05) is 39.0 Å². The third-order valence-corrected chi connectivity index (χ3v) is 3.44. The van der Waals surface area contributed by atoms with Gasteiger partial charge in [-0.2, -0.15) is 0 Å². The van der Waals surface area contributed by atoms with Crippen LogP contribution in [0.15, 0.2) is 36.4 Å². The predicted octanol–water partition coefficient (Wildman–Crippen LogP) is 5.19. The lowest BCUT2D eigenvalue weighted by molar-refractivity contribution is 0.242. The van der Waals surface area contributed by atoms with Crippen LogP contribution >= 0.6 is 11.6 Å². The van der Waals surface area contributed by atoms with Gasteiger partial charge < -0.3 is 10.1 Å². The predicted molar refractivity (Wildman–Crippen MR) is 85.7 cm³/mol. The Labute approximate surface area is 129 Å². The summed E-state index contributed by atoms with van der Waals surface area (Å²) in [7, 11) is 0. The molecule has 0 aromatic heterocycles. The molecule has 0 saturated heterocycles. The van der Waals surface area contributed by atoms with Crippen molar-refractivity contribution in [1.29, 1.82) is 0 Å². The second-order valence-electron chi connectivity index (χ2n) is 5.20. The van der Waals surface area contributed by atoms with Crippen molar-refractivity contribution in [2.45, 2.75) is 33.4 Å². The van der Waals surface area contributed by atoms with Crippen LogP contribution in [-0.4, -0.2) is 6.10 Å². The molecule has 0 fully saturated rings. The van der Waals surface area contributed by atoms with Gasteiger partial charge in [-0.3, -0.25) is 0 Å². The fraction of sp³-hybridized carbons (Fsp3) is 0.294. The van der Waals surface area contributed by atoms with Crippen LogP contribution in [0.4, 0.5) is 10.1 Å². The minimum absolute atomic E-state index is 0.139. The summed E-state index contributed by atoms with van der Waals surface area (Å²) >= 11 is 6.02. The van der Waals surface area contributed by atoms with E-state index in [4.69, 9.17) is 16.3 Å². The van der Waals surface area contributed by atoms with Crippen molar-refractivity contribution >= 4 is 17.3 Å². The summed E-state index contributed by atoms with van der Waals surface area (Å²) in [5.74, 6) is 0.532. The SMILES string of the molecule is Cc1cc(OC(C)C)ccc1NCc1c(F)cccc1Cl. The minimum Gasteiger partial charge on any atom is -0.491 e. The highest BCUT2D eigenvalue weighted by Gasteiger charge is 2.08. The molecular formula is C17H19ClFNO. The molecule has 0 amide bonds. The van der Waals surface area contributed by atoms with Crippen LogP contribution in [-0.2, 0) is 6.54 Å². The molecule has 0 aliphatic heterocycles. The molecule has 2 aromatic rings. The number of aryl methyl sites for hydroxylation is 1. The maximum absolute atomic E-state index is 13.7. The summed E-state index contributed by atoms with van der Waals surface area (Å²) in [6.07, 6.45) is 0.139. The molecule has 2 rings (SSSR count). The van der Waals surface area contributed by atoms with E-state index in [-0.39, 0.29) is 11.9 Å². The summed E-state index contributed by atoms with van der Waals surface area (Å²) in [6.45, 7) is 6.30. The zero-order chi connectivity index (χ0) is 15.4. The summed E-state index contributed by atoms with van der Waals surface area (Å²) in [5.41, 5.74) is 2.45. The highest BCUT2D eigenvalue weighted by atomic mass is 35.5. The van der Waals surface area contributed by atoms with Crippen molar-refractivity contribution in [3.8, 4) is 5.75 Å². The molecule has 0 spiro atoms. The number of hydrogen-bond acceptors (Lipinski definition) is 2. The van der Waals surface area contributed by atoms with Crippen LogP contribution in [0.5, 0.6) is 5.75 Å². The van der Waals surface area contributed by atoms with E-state index in [0.29, 0.717) is 17.1 Å². The monoisotopic (exact) mass is 307 g/mol. The summed E-state index contributed by atoms with van der Waals surface area (Å²) < 4.78 is 19.4. The van der Waals surface area contributed by atoms with Crippen LogP contribution in [0.3, 0.4) is 0 Å². The van der Waals surface area contributed by atoms with Gasteiger partial charge in [0.05, 0.1) is 6.10 Å². The fourth-order valence-electron chi connectivity index (χ4n) is 2.06. The minimum atomic E-state index is -0.299. The highest BCUT2D eigenvalue weighted by Crippen LogP contribution is 2.25. The zero-order valence-electron chi connectivity index (χ0n) is 12.4. The molecule has 0 atom stereocenters. The van der Waals surface area contributed by atoms with E-state index in [1.54, 1.807) is 12.1 Å². The summed E-state index contributed by atoms with van der Waals surface area (Å²) in [4.78, 5) is 0. The van der Waals surface area contributed by atoms with Crippen LogP contribution in [0, 0.1) is 12.7 Å². The average Bonchev–Trinajstić information content (AvgIpc) is 2.39. The average molecular weight is 308 g/mol. The van der Waals surface area contributed by atoms with Crippen molar-refractivity contribution in [2.75, 3.05) is 5.32 Å². The first-order valence-electron chi connectivity index (χ1n) is 6.91. The molecule has 0 saturated carbocycles. The molecule has 0 aliphatic carbocycles.